The van der Waals surface area contributed by atoms with Crippen molar-refractivity contribution < 1.29 is 18.8 Å². The molecule has 4 heterocycles. The fraction of sp³-hybridized carbons (Fsp3) is 0.529. The summed E-state index contributed by atoms with van der Waals surface area (Å²) >= 11 is 0. The van der Waals surface area contributed by atoms with Crippen LogP contribution in [0.25, 0.3) is 0 Å². The number of carbonyl (C=O) groups is 2. The number of carbonyl (C=O) groups excluding carboxylic acids is 2. The number of hydrogen-bond acceptors (Lipinski definition) is 6. The molecule has 1 saturated heterocycles. The molecule has 2 aromatic heterocycles. The second-order valence-electron chi connectivity index (χ2n) is 6.91. The molecule has 0 bridgehead atoms. The average molecular weight is 359 g/mol. The predicted molar refractivity (Wildman–Crippen MR) is 89.1 cm³/mol. The molecule has 0 radical (unpaired) electrons. The SMILES string of the molecule is CN(C)C(=O)[C@H]1Cn2ccnc2C2(CCN(C(=O)c3ccno3)CC2)O1. The van der Waals surface area contributed by atoms with Crippen molar-refractivity contribution in [3.63, 3.8) is 0 Å². The maximum Gasteiger partial charge on any atom is 0.292 e. The third-order valence-electron chi connectivity index (χ3n) is 5.08. The van der Waals surface area contributed by atoms with Gasteiger partial charge in [-0.25, -0.2) is 4.98 Å². The number of hydrogen-bond donors (Lipinski definition) is 0. The van der Waals surface area contributed by atoms with Gasteiger partial charge in [0.25, 0.3) is 11.8 Å². The van der Waals surface area contributed by atoms with E-state index in [1.54, 1.807) is 36.2 Å². The number of aromatic nitrogens is 3. The Morgan fingerprint density at radius 1 is 1.27 bits per heavy atom. The zero-order valence-electron chi connectivity index (χ0n) is 14.8. The van der Waals surface area contributed by atoms with E-state index in [0.717, 1.165) is 5.82 Å². The lowest BCUT2D eigenvalue weighted by molar-refractivity contribution is -0.178. The van der Waals surface area contributed by atoms with Crippen molar-refractivity contribution in [3.8, 4) is 0 Å². The van der Waals surface area contributed by atoms with Gasteiger partial charge >= 0.3 is 0 Å². The lowest BCUT2D eigenvalue weighted by atomic mass is 9.88. The molecule has 4 rings (SSSR count). The van der Waals surface area contributed by atoms with E-state index in [1.807, 2.05) is 10.8 Å². The molecule has 0 N–H and O–H groups in total. The van der Waals surface area contributed by atoms with E-state index in [0.29, 0.717) is 32.5 Å². The summed E-state index contributed by atoms with van der Waals surface area (Å²) in [6.45, 7) is 1.44. The van der Waals surface area contributed by atoms with E-state index in [2.05, 4.69) is 10.1 Å². The highest BCUT2D eigenvalue weighted by Crippen LogP contribution is 2.40. The Kier molecular flexibility index (Phi) is 4.03. The Bertz CT molecular complexity index is 805. The molecule has 0 saturated carbocycles. The number of ether oxygens (including phenoxy) is 1. The van der Waals surface area contributed by atoms with E-state index < -0.39 is 11.7 Å². The molecule has 1 spiro atoms. The Hall–Kier alpha value is -2.68. The highest BCUT2D eigenvalue weighted by molar-refractivity contribution is 5.91. The smallest absolute Gasteiger partial charge is 0.292 e. The molecule has 2 amide bonds. The molecule has 9 nitrogen and oxygen atoms in total. The molecule has 138 valence electrons. The van der Waals surface area contributed by atoms with Crippen molar-refractivity contribution in [2.24, 2.45) is 0 Å². The monoisotopic (exact) mass is 359 g/mol. The van der Waals surface area contributed by atoms with E-state index in [9.17, 15) is 9.59 Å². The van der Waals surface area contributed by atoms with Crippen molar-refractivity contribution in [1.29, 1.82) is 0 Å². The van der Waals surface area contributed by atoms with E-state index in [4.69, 9.17) is 9.26 Å². The van der Waals surface area contributed by atoms with Crippen LogP contribution in [0.2, 0.25) is 0 Å². The summed E-state index contributed by atoms with van der Waals surface area (Å²) in [5.74, 6) is 0.807. The van der Waals surface area contributed by atoms with Crippen LogP contribution >= 0.6 is 0 Å². The lowest BCUT2D eigenvalue weighted by Crippen LogP contribution is -2.54. The zero-order valence-corrected chi connectivity index (χ0v) is 14.8. The number of amides is 2. The average Bonchev–Trinajstić information content (AvgIpc) is 3.33. The van der Waals surface area contributed by atoms with Crippen LogP contribution in [0, 0.1) is 0 Å². The Labute approximate surface area is 150 Å². The highest BCUT2D eigenvalue weighted by atomic mass is 16.5. The fourth-order valence-corrected chi connectivity index (χ4v) is 3.71. The molecule has 0 unspecified atom stereocenters. The molecule has 26 heavy (non-hydrogen) atoms. The highest BCUT2D eigenvalue weighted by Gasteiger charge is 2.48. The Morgan fingerprint density at radius 2 is 2.04 bits per heavy atom. The minimum atomic E-state index is -0.656. The summed E-state index contributed by atoms with van der Waals surface area (Å²) in [5, 5.41) is 3.59. The molecule has 2 aliphatic heterocycles. The lowest BCUT2D eigenvalue weighted by Gasteiger charge is -2.45. The predicted octanol–water partition coefficient (Wildman–Crippen LogP) is 0.490. The molecule has 0 aromatic carbocycles. The van der Waals surface area contributed by atoms with Crippen LogP contribution < -0.4 is 0 Å². The van der Waals surface area contributed by atoms with Gasteiger partial charge in [-0.1, -0.05) is 5.16 Å². The van der Waals surface area contributed by atoms with Crippen LogP contribution in [0.5, 0.6) is 0 Å². The van der Waals surface area contributed by atoms with Gasteiger partial charge < -0.3 is 23.6 Å². The van der Waals surface area contributed by atoms with Gasteiger partial charge in [0.1, 0.15) is 11.4 Å². The van der Waals surface area contributed by atoms with Crippen LogP contribution in [0.4, 0.5) is 0 Å². The zero-order chi connectivity index (χ0) is 18.3. The second kappa shape index (κ2) is 6.24. The maximum atomic E-state index is 12.5. The van der Waals surface area contributed by atoms with Gasteiger partial charge in [0.05, 0.1) is 12.7 Å². The van der Waals surface area contributed by atoms with E-state index in [-0.39, 0.29) is 17.6 Å². The molecular weight excluding hydrogens is 338 g/mol. The summed E-state index contributed by atoms with van der Waals surface area (Å²) in [4.78, 5) is 32.7. The van der Waals surface area contributed by atoms with Gasteiger partial charge in [-0.15, -0.1) is 0 Å². The third kappa shape index (κ3) is 2.68. The number of rotatable bonds is 2. The van der Waals surface area contributed by atoms with Crippen molar-refractivity contribution in [2.45, 2.75) is 31.1 Å². The van der Waals surface area contributed by atoms with Gasteiger partial charge in [0.2, 0.25) is 5.76 Å². The van der Waals surface area contributed by atoms with Gasteiger partial charge in [-0.3, -0.25) is 9.59 Å². The summed E-state index contributed by atoms with van der Waals surface area (Å²) in [6.07, 6.45) is 5.65. The first kappa shape index (κ1) is 16.8. The maximum absolute atomic E-state index is 12.5. The topological polar surface area (TPSA) is 93.7 Å². The number of fused-ring (bicyclic) bond motifs is 2. The quantitative estimate of drug-likeness (QED) is 0.775. The summed E-state index contributed by atoms with van der Waals surface area (Å²) in [6, 6.07) is 1.56. The van der Waals surface area contributed by atoms with Crippen LogP contribution in [-0.2, 0) is 21.7 Å². The first-order chi connectivity index (χ1) is 12.5. The molecule has 2 aliphatic rings. The summed E-state index contributed by atoms with van der Waals surface area (Å²) < 4.78 is 13.2. The van der Waals surface area contributed by atoms with Crippen molar-refractivity contribution >= 4 is 11.8 Å². The normalized spacial score (nSPS) is 21.5. The first-order valence-corrected chi connectivity index (χ1v) is 8.61. The number of imidazole rings is 1. The molecule has 2 aromatic rings. The van der Waals surface area contributed by atoms with Gasteiger partial charge in [-0.05, 0) is 0 Å². The van der Waals surface area contributed by atoms with Gasteiger partial charge in [0.15, 0.2) is 6.10 Å². The van der Waals surface area contributed by atoms with Crippen molar-refractivity contribution in [2.75, 3.05) is 27.2 Å². The van der Waals surface area contributed by atoms with Crippen molar-refractivity contribution in [3.05, 3.63) is 36.2 Å². The standard InChI is InChI=1S/C17H21N5O4/c1-20(2)14(23)13-11-22-10-7-18-16(22)17(25-13)4-8-21(9-5-17)15(24)12-3-6-19-26-12/h3,6-7,10,13H,4-5,8-9,11H2,1-2H3/t13-/m1/s1. The largest absolute Gasteiger partial charge is 0.352 e. The number of likely N-dealkylation sites (tertiary alicyclic amines) is 1. The molecular formula is C17H21N5O4. The Balaban J connectivity index is 1.55. The van der Waals surface area contributed by atoms with Crippen LogP contribution in [0.15, 0.2) is 29.2 Å². The minimum absolute atomic E-state index is 0.0658. The second-order valence-corrected chi connectivity index (χ2v) is 6.91. The van der Waals surface area contributed by atoms with Gasteiger partial charge in [-0.2, -0.15) is 0 Å². The Morgan fingerprint density at radius 3 is 2.69 bits per heavy atom. The van der Waals surface area contributed by atoms with Crippen molar-refractivity contribution in [1.82, 2.24) is 24.5 Å². The minimum Gasteiger partial charge on any atom is -0.352 e. The molecule has 1 fully saturated rings. The van der Waals surface area contributed by atoms with E-state index >= 15 is 0 Å². The van der Waals surface area contributed by atoms with Crippen LogP contribution in [0.3, 0.4) is 0 Å². The number of nitrogens with zero attached hydrogens (tertiary/aromatic N) is 5. The number of piperidine rings is 1. The number of likely N-dealkylation sites (N-methyl/N-ethyl adjacent to an activating group) is 1. The van der Waals surface area contributed by atoms with Gasteiger partial charge in [0, 0.05) is 58.5 Å². The fourth-order valence-electron chi connectivity index (χ4n) is 3.71. The third-order valence-corrected chi connectivity index (χ3v) is 5.08. The van der Waals surface area contributed by atoms with Crippen LogP contribution in [0.1, 0.15) is 29.2 Å². The molecule has 9 heteroatoms. The molecule has 0 aliphatic carbocycles. The molecule has 1 atom stereocenters. The summed E-state index contributed by atoms with van der Waals surface area (Å²) in [7, 11) is 3.45. The van der Waals surface area contributed by atoms with Crippen LogP contribution in [-0.4, -0.2) is 69.6 Å². The first-order valence-electron chi connectivity index (χ1n) is 8.61. The summed E-state index contributed by atoms with van der Waals surface area (Å²) in [5.41, 5.74) is -0.656. The van der Waals surface area contributed by atoms with E-state index in [1.165, 1.54) is 6.20 Å².